The number of hydrogen-bond acceptors (Lipinski definition) is 6. The van der Waals surface area contributed by atoms with Crippen LogP contribution in [0.4, 0.5) is 5.00 Å². The Morgan fingerprint density at radius 1 is 1.18 bits per heavy atom. The van der Waals surface area contributed by atoms with Crippen molar-refractivity contribution in [2.24, 2.45) is 0 Å². The fraction of sp³-hybridized carbons (Fsp3) is 0.440. The number of rotatable bonds is 4. The third-order valence-electron chi connectivity index (χ3n) is 7.17. The van der Waals surface area contributed by atoms with E-state index in [1.54, 1.807) is 18.3 Å². The molecule has 1 atom stereocenters. The number of H-pyrrole nitrogens is 1. The van der Waals surface area contributed by atoms with Crippen LogP contribution in [0.2, 0.25) is 0 Å². The minimum Gasteiger partial charge on any atom is -0.361 e. The van der Waals surface area contributed by atoms with E-state index in [0.29, 0.717) is 18.0 Å². The summed E-state index contributed by atoms with van der Waals surface area (Å²) >= 11 is 1.60. The molecule has 1 amide bonds. The van der Waals surface area contributed by atoms with Crippen molar-refractivity contribution in [3.8, 4) is 10.4 Å². The standard InChI is InChI=1S/C25H28N6O2S/c1-15(32)29-17-9-10-30(12-17)25-21-22(26-13-27-24(21)33)23(34-25)16-7-8-20-19(11-16)28-14-31(20)18-5-3-2-4-6-18/h7-8,11,13-14,17-18H,2-6,9-10,12H2,1H3,(H,29,32)(H,26,27,33)/t17-/m0/s1. The second-order valence-corrected chi connectivity index (χ2v) is 10.5. The van der Waals surface area contributed by atoms with Crippen molar-refractivity contribution in [2.75, 3.05) is 18.0 Å². The molecule has 1 aromatic carbocycles. The minimum atomic E-state index is -0.131. The summed E-state index contributed by atoms with van der Waals surface area (Å²) in [6.45, 7) is 3.02. The van der Waals surface area contributed by atoms with Gasteiger partial charge >= 0.3 is 0 Å². The van der Waals surface area contributed by atoms with Gasteiger partial charge < -0.3 is 19.8 Å². The number of carbonyl (C=O) groups is 1. The first-order valence-electron chi connectivity index (χ1n) is 12.1. The maximum absolute atomic E-state index is 12.8. The number of nitrogens with one attached hydrogen (secondary N) is 2. The van der Waals surface area contributed by atoms with Gasteiger partial charge in [-0.25, -0.2) is 9.97 Å². The van der Waals surface area contributed by atoms with Gasteiger partial charge in [-0.05, 0) is 37.0 Å². The van der Waals surface area contributed by atoms with Crippen molar-refractivity contribution in [1.82, 2.24) is 24.8 Å². The summed E-state index contributed by atoms with van der Waals surface area (Å²) in [7, 11) is 0. The Morgan fingerprint density at radius 2 is 2.03 bits per heavy atom. The summed E-state index contributed by atoms with van der Waals surface area (Å²) in [4.78, 5) is 39.6. The smallest absolute Gasteiger partial charge is 0.261 e. The molecule has 8 nitrogen and oxygen atoms in total. The number of aromatic amines is 1. The van der Waals surface area contributed by atoms with Crippen molar-refractivity contribution in [1.29, 1.82) is 0 Å². The van der Waals surface area contributed by atoms with Crippen LogP contribution < -0.4 is 15.8 Å². The van der Waals surface area contributed by atoms with E-state index in [-0.39, 0.29) is 17.5 Å². The third-order valence-corrected chi connectivity index (χ3v) is 8.46. The van der Waals surface area contributed by atoms with Crippen LogP contribution in [0.15, 0.2) is 35.6 Å². The molecule has 3 aromatic heterocycles. The molecule has 34 heavy (non-hydrogen) atoms. The molecule has 2 aliphatic rings. The number of thiophene rings is 1. The van der Waals surface area contributed by atoms with Crippen molar-refractivity contribution >= 4 is 44.2 Å². The maximum atomic E-state index is 12.8. The predicted molar refractivity (Wildman–Crippen MR) is 136 cm³/mol. The second-order valence-electron chi connectivity index (χ2n) is 9.47. The molecule has 2 fully saturated rings. The van der Waals surface area contributed by atoms with Crippen molar-refractivity contribution < 1.29 is 4.79 Å². The summed E-state index contributed by atoms with van der Waals surface area (Å²) in [5.41, 5.74) is 3.76. The van der Waals surface area contributed by atoms with E-state index in [1.165, 1.54) is 43.9 Å². The molecule has 2 N–H and O–H groups in total. The molecule has 1 aliphatic carbocycles. The van der Waals surface area contributed by atoms with Gasteiger partial charge in [-0.1, -0.05) is 25.3 Å². The molecule has 1 saturated carbocycles. The Hall–Kier alpha value is -3.20. The van der Waals surface area contributed by atoms with Gasteiger partial charge in [-0.3, -0.25) is 9.59 Å². The van der Waals surface area contributed by atoms with E-state index in [2.05, 4.69) is 43.0 Å². The van der Waals surface area contributed by atoms with Gasteiger partial charge in [0.2, 0.25) is 5.91 Å². The van der Waals surface area contributed by atoms with E-state index in [1.807, 2.05) is 6.33 Å². The number of carbonyl (C=O) groups excluding carboxylic acids is 1. The zero-order valence-corrected chi connectivity index (χ0v) is 20.0. The van der Waals surface area contributed by atoms with Crippen LogP contribution in [-0.2, 0) is 4.79 Å². The number of fused-ring (bicyclic) bond motifs is 2. The summed E-state index contributed by atoms with van der Waals surface area (Å²) < 4.78 is 2.34. The SMILES string of the molecule is CC(=O)N[C@H]1CCN(c2sc(-c3ccc4c(c3)ncn4C3CCCCC3)c3nc[nH]c(=O)c23)C1. The van der Waals surface area contributed by atoms with Crippen LogP contribution in [0.3, 0.4) is 0 Å². The number of imidazole rings is 1. The summed E-state index contributed by atoms with van der Waals surface area (Å²) in [5, 5.41) is 4.54. The van der Waals surface area contributed by atoms with Crippen molar-refractivity contribution in [2.45, 2.75) is 57.5 Å². The van der Waals surface area contributed by atoms with Gasteiger partial charge in [0, 0.05) is 32.1 Å². The van der Waals surface area contributed by atoms with E-state index >= 15 is 0 Å². The lowest BCUT2D eigenvalue weighted by atomic mass is 9.95. The highest BCUT2D eigenvalue weighted by Crippen LogP contribution is 2.43. The minimum absolute atomic E-state index is 0.0240. The molecule has 1 aliphatic heterocycles. The lowest BCUT2D eigenvalue weighted by molar-refractivity contribution is -0.119. The Bertz CT molecular complexity index is 1430. The highest BCUT2D eigenvalue weighted by Gasteiger charge is 2.28. The molecule has 4 heterocycles. The molecule has 9 heteroatoms. The molecule has 0 radical (unpaired) electrons. The zero-order valence-electron chi connectivity index (χ0n) is 19.2. The van der Waals surface area contributed by atoms with Gasteiger partial charge in [-0.15, -0.1) is 11.3 Å². The van der Waals surface area contributed by atoms with Crippen LogP contribution in [0.5, 0.6) is 0 Å². The number of benzene rings is 1. The quantitative estimate of drug-likeness (QED) is 0.460. The average Bonchev–Trinajstić information content (AvgIpc) is 3.56. The molecule has 4 aromatic rings. The van der Waals surface area contributed by atoms with E-state index in [9.17, 15) is 9.59 Å². The second kappa shape index (κ2) is 8.54. The molecule has 0 bridgehead atoms. The van der Waals surface area contributed by atoms with Crippen LogP contribution in [-0.4, -0.2) is 44.6 Å². The monoisotopic (exact) mass is 476 g/mol. The van der Waals surface area contributed by atoms with Crippen LogP contribution in [0.25, 0.3) is 32.4 Å². The number of anilines is 1. The van der Waals surface area contributed by atoms with Crippen LogP contribution in [0.1, 0.15) is 51.5 Å². The predicted octanol–water partition coefficient (Wildman–Crippen LogP) is 4.22. The lowest BCUT2D eigenvalue weighted by Crippen LogP contribution is -2.35. The van der Waals surface area contributed by atoms with Gasteiger partial charge in [0.05, 0.1) is 34.1 Å². The molecule has 6 rings (SSSR count). The summed E-state index contributed by atoms with van der Waals surface area (Å²) in [6.07, 6.45) is 10.6. The fourth-order valence-electron chi connectivity index (χ4n) is 5.56. The molecular formula is C25H28N6O2S. The van der Waals surface area contributed by atoms with Gasteiger partial charge in [-0.2, -0.15) is 0 Å². The molecule has 0 unspecified atom stereocenters. The Kier molecular flexibility index (Phi) is 5.36. The fourth-order valence-corrected chi connectivity index (χ4v) is 6.83. The first kappa shape index (κ1) is 21.3. The van der Waals surface area contributed by atoms with Crippen LogP contribution in [0, 0.1) is 0 Å². The highest BCUT2D eigenvalue weighted by molar-refractivity contribution is 7.21. The Labute approximate surface area is 201 Å². The lowest BCUT2D eigenvalue weighted by Gasteiger charge is -2.23. The first-order chi connectivity index (χ1) is 16.6. The third kappa shape index (κ3) is 3.68. The number of hydrogen-bond donors (Lipinski definition) is 2. The zero-order chi connectivity index (χ0) is 23.2. The molecular weight excluding hydrogens is 448 g/mol. The normalized spacial score (nSPS) is 19.3. The first-order valence-corrected chi connectivity index (χ1v) is 12.9. The number of aromatic nitrogens is 4. The average molecular weight is 477 g/mol. The van der Waals surface area contributed by atoms with Crippen molar-refractivity contribution in [3.63, 3.8) is 0 Å². The number of amides is 1. The van der Waals surface area contributed by atoms with Gasteiger partial charge in [0.1, 0.15) is 10.4 Å². The van der Waals surface area contributed by atoms with Crippen molar-refractivity contribution in [3.05, 3.63) is 41.2 Å². The van der Waals surface area contributed by atoms with Gasteiger partial charge in [0.25, 0.3) is 5.56 Å². The molecule has 1 saturated heterocycles. The van der Waals surface area contributed by atoms with E-state index < -0.39 is 0 Å². The number of nitrogens with zero attached hydrogens (tertiary/aromatic N) is 4. The topological polar surface area (TPSA) is 95.9 Å². The van der Waals surface area contributed by atoms with E-state index in [0.717, 1.165) is 39.4 Å². The molecule has 0 spiro atoms. The Morgan fingerprint density at radius 3 is 2.85 bits per heavy atom. The van der Waals surface area contributed by atoms with E-state index in [4.69, 9.17) is 4.98 Å². The summed E-state index contributed by atoms with van der Waals surface area (Å²) in [6, 6.07) is 7.04. The highest BCUT2D eigenvalue weighted by atomic mass is 32.1. The largest absolute Gasteiger partial charge is 0.361 e. The maximum Gasteiger partial charge on any atom is 0.261 e. The Balaban J connectivity index is 1.40. The van der Waals surface area contributed by atoms with Crippen LogP contribution >= 0.6 is 11.3 Å². The molecule has 176 valence electrons. The van der Waals surface area contributed by atoms with Gasteiger partial charge in [0.15, 0.2) is 0 Å². The summed E-state index contributed by atoms with van der Waals surface area (Å²) in [5.74, 6) is -0.0240.